The quantitative estimate of drug-likeness (QED) is 0.699. The Balaban J connectivity index is 2.68. The molecule has 0 aliphatic carbocycles. The zero-order valence-corrected chi connectivity index (χ0v) is 8.51. The predicted octanol–water partition coefficient (Wildman–Crippen LogP) is 0.621. The number of hydrogen-bond acceptors (Lipinski definition) is 4. The summed E-state index contributed by atoms with van der Waals surface area (Å²) in [7, 11) is 0. The van der Waals surface area contributed by atoms with Gasteiger partial charge in [-0.25, -0.2) is 0 Å². The summed E-state index contributed by atoms with van der Waals surface area (Å²) >= 11 is 0. The molecular formula is C11H14O4. The van der Waals surface area contributed by atoms with Crippen LogP contribution in [0.1, 0.15) is 17.3 Å². The fourth-order valence-corrected chi connectivity index (χ4v) is 1.12. The second kappa shape index (κ2) is 5.48. The van der Waals surface area contributed by atoms with Crippen molar-refractivity contribution in [1.82, 2.24) is 0 Å². The van der Waals surface area contributed by atoms with E-state index in [9.17, 15) is 4.79 Å². The first kappa shape index (κ1) is 11.7. The molecule has 0 heterocycles. The van der Waals surface area contributed by atoms with Crippen molar-refractivity contribution >= 4 is 5.78 Å². The van der Waals surface area contributed by atoms with Crippen LogP contribution in [-0.2, 0) is 0 Å². The third kappa shape index (κ3) is 3.34. The third-order valence-electron chi connectivity index (χ3n) is 1.88. The lowest BCUT2D eigenvalue weighted by atomic mass is 10.1. The van der Waals surface area contributed by atoms with Gasteiger partial charge < -0.3 is 14.9 Å². The molecule has 4 heteroatoms. The van der Waals surface area contributed by atoms with Crippen LogP contribution in [-0.4, -0.2) is 35.3 Å². The predicted molar refractivity (Wildman–Crippen MR) is 55.0 cm³/mol. The van der Waals surface area contributed by atoms with Crippen molar-refractivity contribution in [3.05, 3.63) is 29.8 Å². The van der Waals surface area contributed by atoms with E-state index in [0.29, 0.717) is 11.3 Å². The summed E-state index contributed by atoms with van der Waals surface area (Å²) in [4.78, 5) is 11.3. The van der Waals surface area contributed by atoms with E-state index in [1.165, 1.54) is 6.92 Å². The first-order chi connectivity index (χ1) is 7.15. The average Bonchev–Trinajstić information content (AvgIpc) is 2.26. The molecule has 15 heavy (non-hydrogen) atoms. The lowest BCUT2D eigenvalue weighted by Crippen LogP contribution is -2.15. The maximum Gasteiger partial charge on any atom is 0.190 e. The van der Waals surface area contributed by atoms with E-state index in [-0.39, 0.29) is 19.0 Å². The van der Waals surface area contributed by atoms with Crippen molar-refractivity contribution in [3.63, 3.8) is 0 Å². The Kier molecular flexibility index (Phi) is 4.27. The van der Waals surface area contributed by atoms with Crippen LogP contribution < -0.4 is 4.74 Å². The molecule has 0 aliphatic rings. The van der Waals surface area contributed by atoms with Crippen molar-refractivity contribution in [2.24, 2.45) is 0 Å². The Morgan fingerprint density at radius 2 is 2.00 bits per heavy atom. The van der Waals surface area contributed by atoms with Gasteiger partial charge in [0, 0.05) is 5.56 Å². The highest BCUT2D eigenvalue weighted by molar-refractivity contribution is 5.99. The molecule has 0 radical (unpaired) electrons. The number of ketones is 1. The van der Waals surface area contributed by atoms with Crippen molar-refractivity contribution in [1.29, 1.82) is 0 Å². The van der Waals surface area contributed by atoms with Gasteiger partial charge in [-0.15, -0.1) is 0 Å². The molecule has 1 aromatic carbocycles. The van der Waals surface area contributed by atoms with Gasteiger partial charge in [0.15, 0.2) is 5.78 Å². The Bertz CT molecular complexity index is 316. The van der Waals surface area contributed by atoms with Gasteiger partial charge in [-0.2, -0.15) is 0 Å². The van der Waals surface area contributed by atoms with Crippen molar-refractivity contribution in [3.8, 4) is 5.75 Å². The van der Waals surface area contributed by atoms with Gasteiger partial charge >= 0.3 is 0 Å². The Hall–Kier alpha value is -1.39. The third-order valence-corrected chi connectivity index (χ3v) is 1.88. The largest absolute Gasteiger partial charge is 0.491 e. The molecule has 4 nitrogen and oxygen atoms in total. The number of carbonyl (C=O) groups excluding carboxylic acids is 1. The minimum absolute atomic E-state index is 0.0473. The van der Waals surface area contributed by atoms with E-state index in [2.05, 4.69) is 0 Å². The molecule has 1 rings (SSSR count). The molecule has 0 bridgehead atoms. The molecule has 0 spiro atoms. The molecule has 0 aromatic heterocycles. The molecule has 1 atom stereocenters. The lowest BCUT2D eigenvalue weighted by molar-refractivity contribution is 0.0779. The number of carbonyl (C=O) groups is 1. The van der Waals surface area contributed by atoms with Gasteiger partial charge in [0.25, 0.3) is 0 Å². The summed E-state index contributed by atoms with van der Waals surface area (Å²) in [5.74, 6) is 0.273. The van der Waals surface area contributed by atoms with E-state index in [4.69, 9.17) is 14.9 Å². The van der Waals surface area contributed by atoms with E-state index < -0.39 is 6.10 Å². The first-order valence-corrected chi connectivity index (χ1v) is 4.71. The lowest BCUT2D eigenvalue weighted by Gasteiger charge is -2.06. The molecule has 0 saturated heterocycles. The van der Waals surface area contributed by atoms with Gasteiger partial charge in [0.1, 0.15) is 18.5 Å². The maximum absolute atomic E-state index is 11.3. The molecule has 1 unspecified atom stereocenters. The molecule has 2 N–H and O–H groups in total. The fourth-order valence-electron chi connectivity index (χ4n) is 1.12. The monoisotopic (exact) mass is 210 g/mol. The molecule has 1 aromatic rings. The summed E-state index contributed by atoms with van der Waals surface area (Å²) in [5, 5.41) is 17.6. The summed E-state index contributed by atoms with van der Waals surface area (Å²) in [6, 6.07) is 6.43. The van der Waals surface area contributed by atoms with Crippen LogP contribution in [0.3, 0.4) is 0 Å². The minimum Gasteiger partial charge on any atom is -0.491 e. The molecular weight excluding hydrogens is 196 g/mol. The van der Waals surface area contributed by atoms with Crippen LogP contribution >= 0.6 is 0 Å². The van der Waals surface area contributed by atoms with E-state index in [1.807, 2.05) is 0 Å². The number of Topliss-reactive ketones (excluding diaryl/α,β-unsaturated/α-hetero) is 1. The van der Waals surface area contributed by atoms with Gasteiger partial charge in [-0.1, -0.05) is 0 Å². The van der Waals surface area contributed by atoms with Gasteiger partial charge in [-0.05, 0) is 31.2 Å². The number of rotatable bonds is 5. The fraction of sp³-hybridized carbons (Fsp3) is 0.364. The van der Waals surface area contributed by atoms with Crippen LogP contribution in [0.15, 0.2) is 24.3 Å². The zero-order valence-electron chi connectivity index (χ0n) is 8.51. The molecule has 0 saturated carbocycles. The minimum atomic E-state index is -0.991. The number of benzene rings is 1. The summed E-state index contributed by atoms with van der Waals surface area (Å²) in [5.41, 5.74) is 0.446. The number of ether oxygens (including phenoxy) is 1. The normalized spacial score (nSPS) is 12.2. The summed E-state index contributed by atoms with van der Waals surface area (Å²) in [6.07, 6.45) is -0.991. The molecule has 0 aliphatic heterocycles. The molecule has 0 amide bonds. The van der Waals surface area contributed by atoms with Crippen LogP contribution in [0.2, 0.25) is 0 Å². The Morgan fingerprint density at radius 3 is 2.47 bits per heavy atom. The number of aliphatic hydroxyl groups excluding tert-OH is 2. The van der Waals surface area contributed by atoms with Crippen molar-refractivity contribution in [2.75, 3.05) is 13.2 Å². The smallest absolute Gasteiger partial charge is 0.190 e. The first-order valence-electron chi connectivity index (χ1n) is 4.71. The topological polar surface area (TPSA) is 66.8 Å². The molecule has 0 fully saturated rings. The Labute approximate surface area is 88.1 Å². The Morgan fingerprint density at radius 1 is 1.40 bits per heavy atom. The number of aliphatic hydroxyl groups is 2. The van der Waals surface area contributed by atoms with Crippen molar-refractivity contribution < 1.29 is 19.7 Å². The highest BCUT2D eigenvalue weighted by Gasteiger charge is 2.11. The summed E-state index contributed by atoms with van der Waals surface area (Å²) < 4.78 is 5.13. The van der Waals surface area contributed by atoms with Crippen LogP contribution in [0.5, 0.6) is 5.75 Å². The van der Waals surface area contributed by atoms with Gasteiger partial charge in [-0.3, -0.25) is 4.79 Å². The zero-order chi connectivity index (χ0) is 11.3. The van der Waals surface area contributed by atoms with Crippen LogP contribution in [0, 0.1) is 0 Å². The van der Waals surface area contributed by atoms with Gasteiger partial charge in [0.2, 0.25) is 0 Å². The second-order valence-corrected chi connectivity index (χ2v) is 3.14. The van der Waals surface area contributed by atoms with E-state index in [0.717, 1.165) is 0 Å². The molecule has 82 valence electrons. The maximum atomic E-state index is 11.3. The van der Waals surface area contributed by atoms with Gasteiger partial charge in [0.05, 0.1) is 6.61 Å². The second-order valence-electron chi connectivity index (χ2n) is 3.14. The summed E-state index contributed by atoms with van der Waals surface area (Å²) in [6.45, 7) is 1.61. The average molecular weight is 210 g/mol. The highest BCUT2D eigenvalue weighted by atomic mass is 16.5. The van der Waals surface area contributed by atoms with E-state index >= 15 is 0 Å². The van der Waals surface area contributed by atoms with Crippen LogP contribution in [0.4, 0.5) is 0 Å². The van der Waals surface area contributed by atoms with Crippen molar-refractivity contribution in [2.45, 2.75) is 13.0 Å². The highest BCUT2D eigenvalue weighted by Crippen LogP contribution is 2.13. The van der Waals surface area contributed by atoms with E-state index in [1.54, 1.807) is 24.3 Å². The SMILES string of the molecule is CC(O)C(=O)c1ccc(OCCO)cc1. The number of hydrogen-bond donors (Lipinski definition) is 2. The standard InChI is InChI=1S/C11H14O4/c1-8(13)11(14)9-2-4-10(5-3-9)15-7-6-12/h2-5,8,12-13H,6-7H2,1H3. The van der Waals surface area contributed by atoms with Crippen LogP contribution in [0.25, 0.3) is 0 Å².